The van der Waals surface area contributed by atoms with Crippen molar-refractivity contribution in [2.24, 2.45) is 0 Å². The number of rotatable bonds is 15. The summed E-state index contributed by atoms with van der Waals surface area (Å²) in [7, 11) is -3.28. The van der Waals surface area contributed by atoms with Crippen molar-refractivity contribution in [1.82, 2.24) is 24.8 Å². The fourth-order valence-corrected chi connectivity index (χ4v) is 5.30. The third kappa shape index (κ3) is 7.49. The number of nitriles is 1. The summed E-state index contributed by atoms with van der Waals surface area (Å²) in [6.07, 6.45) is -2.59. The average Bonchev–Trinajstić information content (AvgIpc) is 3.34. The van der Waals surface area contributed by atoms with E-state index in [4.69, 9.17) is 24.5 Å². The van der Waals surface area contributed by atoms with Gasteiger partial charge in [0.1, 0.15) is 48.8 Å². The molecule has 0 bridgehead atoms. The van der Waals surface area contributed by atoms with Crippen LogP contribution < -0.4 is 15.9 Å². The van der Waals surface area contributed by atoms with Crippen LogP contribution in [0.15, 0.2) is 18.5 Å². The smallest absolute Gasteiger partial charge is 0.342 e. The van der Waals surface area contributed by atoms with Crippen LogP contribution in [0.25, 0.3) is 5.52 Å². The number of carbonyl (C=O) groups is 2. The molecule has 5 atom stereocenters. The van der Waals surface area contributed by atoms with Crippen LogP contribution in [-0.2, 0) is 32.9 Å². The summed E-state index contributed by atoms with van der Waals surface area (Å²) in [6, 6.07) is 2.32. The molecule has 2 aromatic rings. The highest BCUT2D eigenvalue weighted by Gasteiger charge is 2.47. The van der Waals surface area contributed by atoms with E-state index in [0.717, 1.165) is 13.4 Å². The quantitative estimate of drug-likeness (QED) is 0.138. The number of ether oxygens (including phenoxy) is 3. The first-order chi connectivity index (χ1) is 18.4. The van der Waals surface area contributed by atoms with Crippen molar-refractivity contribution in [2.45, 2.75) is 57.6 Å². The lowest BCUT2D eigenvalue weighted by atomic mass is 9.93. The van der Waals surface area contributed by atoms with Gasteiger partial charge in [-0.25, -0.2) is 19.7 Å². The number of methoxy groups -OCH3 is 1. The van der Waals surface area contributed by atoms with E-state index in [9.17, 15) is 29.6 Å². The molecule has 16 nitrogen and oxygen atoms in total. The van der Waals surface area contributed by atoms with E-state index < -0.39 is 56.1 Å². The Bertz CT molecular complexity index is 1210. The molecule has 2 heterocycles. The Morgan fingerprint density at radius 2 is 1.74 bits per heavy atom. The summed E-state index contributed by atoms with van der Waals surface area (Å²) in [4.78, 5) is 28.2. The number of anilines is 1. The highest BCUT2D eigenvalue weighted by Crippen LogP contribution is 2.41. The zero-order chi connectivity index (χ0) is 29.4. The van der Waals surface area contributed by atoms with Gasteiger partial charge in [-0.15, -0.1) is 0 Å². The van der Waals surface area contributed by atoms with Crippen molar-refractivity contribution >= 4 is 30.9 Å². The Labute approximate surface area is 224 Å². The molecule has 0 fully saturated rings. The summed E-state index contributed by atoms with van der Waals surface area (Å²) in [5.74, 6) is -1.41. The van der Waals surface area contributed by atoms with Crippen LogP contribution in [0.2, 0.25) is 0 Å². The predicted molar refractivity (Wildman–Crippen MR) is 136 cm³/mol. The van der Waals surface area contributed by atoms with Crippen molar-refractivity contribution < 1.29 is 43.1 Å². The van der Waals surface area contributed by atoms with Crippen LogP contribution >= 0.6 is 7.67 Å². The van der Waals surface area contributed by atoms with Gasteiger partial charge in [0.25, 0.3) is 0 Å². The van der Waals surface area contributed by atoms with Gasteiger partial charge in [-0.3, -0.25) is 14.2 Å². The monoisotopic (exact) mass is 571 g/mol. The van der Waals surface area contributed by atoms with E-state index in [-0.39, 0.29) is 24.7 Å². The number of esters is 2. The minimum atomic E-state index is -4.35. The van der Waals surface area contributed by atoms with Gasteiger partial charge in [0, 0.05) is 7.11 Å². The third-order valence-corrected chi connectivity index (χ3v) is 7.56. The van der Waals surface area contributed by atoms with Crippen molar-refractivity contribution in [3.8, 4) is 6.07 Å². The zero-order valence-electron chi connectivity index (χ0n) is 22.2. The minimum Gasteiger partial charge on any atom is -0.465 e. The standard InChI is InChI=1S/C22H34N7O9P/c1-6-36-20(32)13(3)27-39(34,28-14(4)21(33)37-7-2)38-11-22(10-23,35-5)18(31)17(30)15-8-9-16-19(24)25-12-26-29(15)16/h8-9,12-14,17-18,30-31H,6-7,11H2,1-5H3,(H2,24,25,26)(H2,27,28,34)/t13-,14-,17-,18-,22+/m0/s1. The van der Waals surface area contributed by atoms with Gasteiger partial charge >= 0.3 is 19.6 Å². The fraction of sp³-hybridized carbons (Fsp3) is 0.591. The van der Waals surface area contributed by atoms with Crippen LogP contribution in [-0.4, -0.2) is 87.5 Å². The maximum atomic E-state index is 13.8. The van der Waals surface area contributed by atoms with Crippen molar-refractivity contribution in [2.75, 3.05) is 32.7 Å². The molecule has 0 aliphatic carbocycles. The molecule has 0 amide bonds. The maximum absolute atomic E-state index is 13.8. The molecule has 0 aliphatic heterocycles. The maximum Gasteiger partial charge on any atom is 0.342 e. The Morgan fingerprint density at radius 1 is 1.18 bits per heavy atom. The molecule has 39 heavy (non-hydrogen) atoms. The van der Waals surface area contributed by atoms with Gasteiger partial charge in [0.2, 0.25) is 5.60 Å². The fourth-order valence-electron chi connectivity index (χ4n) is 3.47. The normalized spacial score (nSPS) is 16.5. The first-order valence-electron chi connectivity index (χ1n) is 11.9. The molecule has 17 heteroatoms. The van der Waals surface area contributed by atoms with E-state index in [1.54, 1.807) is 19.9 Å². The molecule has 2 aromatic heterocycles. The Hall–Kier alpha value is -3.16. The van der Waals surface area contributed by atoms with E-state index >= 15 is 0 Å². The number of nitrogens with one attached hydrogen (secondary N) is 2. The number of aliphatic hydroxyl groups is 2. The molecule has 0 saturated carbocycles. The van der Waals surface area contributed by atoms with Gasteiger partial charge in [-0.2, -0.15) is 10.4 Å². The zero-order valence-corrected chi connectivity index (χ0v) is 23.1. The van der Waals surface area contributed by atoms with E-state index in [0.29, 0.717) is 5.52 Å². The topological polar surface area (TPSA) is 233 Å². The highest BCUT2D eigenvalue weighted by molar-refractivity contribution is 7.54. The SMILES string of the molecule is CCOC(=O)[C@H](C)NP(=O)(N[C@@H](C)C(=O)OCC)OC[C@@](C#N)(OC)[C@@H](O)[C@@H](O)c1ccc2c(N)ncnn12. The van der Waals surface area contributed by atoms with Gasteiger partial charge in [0.05, 0.1) is 18.9 Å². The largest absolute Gasteiger partial charge is 0.465 e. The van der Waals surface area contributed by atoms with E-state index in [2.05, 4.69) is 20.3 Å². The highest BCUT2D eigenvalue weighted by atomic mass is 31.2. The molecule has 2 rings (SSSR count). The molecule has 6 N–H and O–H groups in total. The third-order valence-electron chi connectivity index (χ3n) is 5.61. The molecule has 0 unspecified atom stereocenters. The summed E-state index contributed by atoms with van der Waals surface area (Å²) < 4.78 is 35.6. The number of fused-ring (bicyclic) bond motifs is 1. The van der Waals surface area contributed by atoms with Crippen molar-refractivity contribution in [3.05, 3.63) is 24.2 Å². The van der Waals surface area contributed by atoms with Crippen LogP contribution in [0.4, 0.5) is 5.82 Å². The summed E-state index contributed by atoms with van der Waals surface area (Å²) in [5, 5.41) is 40.9. The Morgan fingerprint density at radius 3 is 2.23 bits per heavy atom. The molecule has 0 spiro atoms. The Balaban J connectivity index is 2.36. The van der Waals surface area contributed by atoms with Gasteiger partial charge in [-0.1, -0.05) is 0 Å². The van der Waals surface area contributed by atoms with E-state index in [1.807, 2.05) is 0 Å². The predicted octanol–water partition coefficient (Wildman–Crippen LogP) is -0.178. The number of hydrogen-bond acceptors (Lipinski definition) is 13. The molecular weight excluding hydrogens is 537 g/mol. The minimum absolute atomic E-state index is 0.0505. The molecule has 0 radical (unpaired) electrons. The molecule has 0 aromatic carbocycles. The van der Waals surface area contributed by atoms with Crippen molar-refractivity contribution in [1.29, 1.82) is 5.26 Å². The lowest BCUT2D eigenvalue weighted by Gasteiger charge is -2.34. The lowest BCUT2D eigenvalue weighted by Crippen LogP contribution is -2.51. The van der Waals surface area contributed by atoms with Crippen molar-refractivity contribution in [3.63, 3.8) is 0 Å². The number of aromatic nitrogens is 3. The second-order valence-corrected chi connectivity index (χ2v) is 10.2. The number of nitrogen functional groups attached to an aromatic ring is 1. The van der Waals surface area contributed by atoms with Gasteiger partial charge < -0.3 is 34.7 Å². The van der Waals surface area contributed by atoms with Crippen LogP contribution in [0.1, 0.15) is 39.5 Å². The number of aliphatic hydroxyl groups excluding tert-OH is 2. The average molecular weight is 572 g/mol. The molecular formula is C22H34N7O9P. The van der Waals surface area contributed by atoms with Crippen LogP contribution in [0, 0.1) is 11.3 Å². The van der Waals surface area contributed by atoms with Gasteiger partial charge in [0.15, 0.2) is 5.82 Å². The second-order valence-electron chi connectivity index (χ2n) is 8.33. The summed E-state index contributed by atoms with van der Waals surface area (Å²) in [6.45, 7) is 5.09. The van der Waals surface area contributed by atoms with E-state index in [1.165, 1.54) is 30.5 Å². The number of nitrogens with two attached hydrogens (primary N) is 1. The lowest BCUT2D eigenvalue weighted by molar-refractivity contribution is -0.145. The van der Waals surface area contributed by atoms with Crippen LogP contribution in [0.5, 0.6) is 0 Å². The number of carbonyl (C=O) groups excluding carboxylic acids is 2. The first kappa shape index (κ1) is 32.1. The molecule has 216 valence electrons. The summed E-state index contributed by atoms with van der Waals surface area (Å²) in [5.41, 5.74) is 3.92. The first-order valence-corrected chi connectivity index (χ1v) is 13.5. The number of hydrogen-bond donors (Lipinski definition) is 5. The number of nitrogens with zero attached hydrogens (tertiary/aromatic N) is 4. The molecule has 0 aliphatic rings. The second kappa shape index (κ2) is 13.8. The van der Waals surface area contributed by atoms with Gasteiger partial charge in [-0.05, 0) is 39.8 Å². The summed E-state index contributed by atoms with van der Waals surface area (Å²) >= 11 is 0. The Kier molecular flexibility index (Phi) is 11.3. The molecule has 0 saturated heterocycles. The van der Waals surface area contributed by atoms with Crippen LogP contribution in [0.3, 0.4) is 0 Å².